The Morgan fingerprint density at radius 1 is 0.960 bits per heavy atom. The zero-order chi connectivity index (χ0) is 35.0. The van der Waals surface area contributed by atoms with Crippen molar-refractivity contribution >= 4 is 67.2 Å². The van der Waals surface area contributed by atoms with Gasteiger partial charge in [0.15, 0.2) is 5.82 Å². The van der Waals surface area contributed by atoms with Crippen LogP contribution in [0.15, 0.2) is 42.9 Å². The number of halogens is 1. The van der Waals surface area contributed by atoms with Gasteiger partial charge in [0.05, 0.1) is 36.5 Å². The molecule has 0 unspecified atom stereocenters. The molecule has 0 radical (unpaired) electrons. The average molecular weight is 721 g/mol. The summed E-state index contributed by atoms with van der Waals surface area (Å²) in [7, 11) is 0.245. The van der Waals surface area contributed by atoms with Gasteiger partial charge in [0.2, 0.25) is 16.0 Å². The minimum atomic E-state index is -3.63. The Kier molecular flexibility index (Phi) is 9.88. The van der Waals surface area contributed by atoms with Crippen molar-refractivity contribution in [1.29, 1.82) is 0 Å². The molecule has 4 aromatic rings. The van der Waals surface area contributed by atoms with E-state index in [0.717, 1.165) is 77.1 Å². The molecular formula is C35H45ClN10O3S. The number of piperazine rings is 1. The first kappa shape index (κ1) is 34.5. The summed E-state index contributed by atoms with van der Waals surface area (Å²) in [6, 6.07) is 8.30. The minimum absolute atomic E-state index is 0.150. The Balaban J connectivity index is 1.14. The molecule has 2 saturated heterocycles. The van der Waals surface area contributed by atoms with Gasteiger partial charge < -0.3 is 25.2 Å². The maximum atomic E-state index is 13.1. The van der Waals surface area contributed by atoms with Gasteiger partial charge in [0, 0.05) is 75.5 Å². The van der Waals surface area contributed by atoms with E-state index in [4.69, 9.17) is 21.3 Å². The number of hydrogen-bond donors (Lipinski definition) is 2. The lowest BCUT2D eigenvalue weighted by Gasteiger charge is -2.43. The van der Waals surface area contributed by atoms with Crippen LogP contribution in [0, 0.1) is 0 Å². The van der Waals surface area contributed by atoms with E-state index in [2.05, 4.69) is 66.4 Å². The maximum absolute atomic E-state index is 13.1. The molecule has 1 aliphatic carbocycles. The van der Waals surface area contributed by atoms with Crippen molar-refractivity contribution in [2.45, 2.75) is 51.1 Å². The monoisotopic (exact) mass is 720 g/mol. The zero-order valence-corrected chi connectivity index (χ0v) is 30.6. The van der Waals surface area contributed by atoms with Gasteiger partial charge in [-0.2, -0.15) is 4.98 Å². The van der Waals surface area contributed by atoms with Gasteiger partial charge >= 0.3 is 0 Å². The number of aryl methyl sites for hydroxylation is 1. The van der Waals surface area contributed by atoms with E-state index < -0.39 is 10.0 Å². The standard InChI is InChI=1S/C35H45ClN10O3S/c1-5-23-20-29(31(49-3)21-30(23)45-14-10-24(11-15-45)44-18-16-43(2)17-19-44)41-35-39-22-26(36)34(42-35)40-28-9-8-27-32(38-13-12-37-27)33(28)46(25-6-7-25)50(4,47)48/h8-9,12-13,20-22,24-25H,5-7,10-11,14-19H2,1-4H3,(H2,39,40,41,42). The number of rotatable bonds is 11. The number of benzene rings is 2. The molecule has 0 amide bonds. The summed E-state index contributed by atoms with van der Waals surface area (Å²) < 4.78 is 33.5. The Morgan fingerprint density at radius 2 is 1.70 bits per heavy atom. The number of nitrogens with zero attached hydrogens (tertiary/aromatic N) is 8. The molecule has 2 aromatic heterocycles. The van der Waals surface area contributed by atoms with Crippen molar-refractivity contribution in [3.05, 3.63) is 53.4 Å². The van der Waals surface area contributed by atoms with Crippen molar-refractivity contribution in [2.75, 3.05) is 79.5 Å². The van der Waals surface area contributed by atoms with Crippen molar-refractivity contribution in [3.8, 4) is 5.75 Å². The van der Waals surface area contributed by atoms with Crippen molar-refractivity contribution in [3.63, 3.8) is 0 Å². The fourth-order valence-electron chi connectivity index (χ4n) is 7.15. The Bertz CT molecular complexity index is 1960. The summed E-state index contributed by atoms with van der Waals surface area (Å²) in [5, 5.41) is 6.91. The molecule has 15 heteroatoms. The summed E-state index contributed by atoms with van der Waals surface area (Å²) >= 11 is 6.63. The first-order valence-electron chi connectivity index (χ1n) is 17.3. The Labute approximate surface area is 299 Å². The lowest BCUT2D eigenvalue weighted by atomic mass is 9.99. The van der Waals surface area contributed by atoms with Crippen LogP contribution in [-0.4, -0.2) is 110 Å². The largest absolute Gasteiger partial charge is 0.494 e. The SMILES string of the molecule is CCc1cc(Nc2ncc(Cl)c(Nc3ccc4nccnc4c3N(C3CC3)S(C)(=O)=O)n2)c(OC)cc1N1CCC(N2CCN(C)CC2)CC1. The average Bonchev–Trinajstić information content (AvgIpc) is 3.95. The predicted octanol–water partition coefficient (Wildman–Crippen LogP) is 5.28. The van der Waals surface area contributed by atoms with Crippen molar-refractivity contribution < 1.29 is 13.2 Å². The number of aromatic nitrogens is 4. The van der Waals surface area contributed by atoms with Crippen LogP contribution in [-0.2, 0) is 16.4 Å². The van der Waals surface area contributed by atoms with Crippen LogP contribution in [0.25, 0.3) is 11.0 Å². The molecule has 2 aliphatic heterocycles. The van der Waals surface area contributed by atoms with E-state index in [1.165, 1.54) is 28.0 Å². The highest BCUT2D eigenvalue weighted by Crippen LogP contribution is 2.43. The number of likely N-dealkylation sites (N-methyl/N-ethyl adjacent to an activating group) is 1. The van der Waals surface area contributed by atoms with Gasteiger partial charge in [0.25, 0.3) is 0 Å². The van der Waals surface area contributed by atoms with Crippen molar-refractivity contribution in [2.24, 2.45) is 0 Å². The molecule has 2 aromatic carbocycles. The quantitative estimate of drug-likeness (QED) is 0.209. The number of anilines is 6. The van der Waals surface area contributed by atoms with Gasteiger partial charge in [-0.3, -0.25) is 19.2 Å². The molecule has 7 rings (SSSR count). The van der Waals surface area contributed by atoms with E-state index in [-0.39, 0.29) is 11.1 Å². The van der Waals surface area contributed by atoms with Crippen molar-refractivity contribution in [1.82, 2.24) is 29.7 Å². The van der Waals surface area contributed by atoms with E-state index in [0.29, 0.717) is 46.0 Å². The van der Waals surface area contributed by atoms with Gasteiger partial charge in [-0.05, 0) is 62.9 Å². The molecule has 4 heterocycles. The molecule has 50 heavy (non-hydrogen) atoms. The van der Waals surface area contributed by atoms with Crippen LogP contribution < -0.4 is 24.6 Å². The second kappa shape index (κ2) is 14.3. The maximum Gasteiger partial charge on any atom is 0.232 e. The summed E-state index contributed by atoms with van der Waals surface area (Å²) in [6.45, 7) is 8.77. The van der Waals surface area contributed by atoms with E-state index in [1.54, 1.807) is 31.6 Å². The molecule has 0 bridgehead atoms. The van der Waals surface area contributed by atoms with Gasteiger partial charge in [-0.15, -0.1) is 0 Å². The van der Waals surface area contributed by atoms with Crippen LogP contribution in [0.4, 0.5) is 34.5 Å². The first-order valence-corrected chi connectivity index (χ1v) is 19.5. The molecule has 266 valence electrons. The summed E-state index contributed by atoms with van der Waals surface area (Å²) in [5.74, 6) is 1.31. The zero-order valence-electron chi connectivity index (χ0n) is 29.1. The third-order valence-electron chi connectivity index (χ3n) is 9.95. The van der Waals surface area contributed by atoms with Gasteiger partial charge in [-0.1, -0.05) is 18.5 Å². The summed E-state index contributed by atoms with van der Waals surface area (Å²) in [5.41, 5.74) is 5.12. The number of nitrogens with one attached hydrogen (secondary N) is 2. The second-order valence-electron chi connectivity index (χ2n) is 13.4. The molecule has 3 fully saturated rings. The second-order valence-corrected chi connectivity index (χ2v) is 15.7. The van der Waals surface area contributed by atoms with Gasteiger partial charge in [-0.25, -0.2) is 13.4 Å². The number of hydrogen-bond acceptors (Lipinski definition) is 12. The Morgan fingerprint density at radius 3 is 2.38 bits per heavy atom. The highest BCUT2D eigenvalue weighted by Gasteiger charge is 2.38. The van der Waals surface area contributed by atoms with Gasteiger partial charge in [0.1, 0.15) is 22.0 Å². The lowest BCUT2D eigenvalue weighted by Crippen LogP contribution is -2.52. The number of ether oxygens (including phenoxy) is 1. The molecule has 2 N–H and O–H groups in total. The van der Waals surface area contributed by atoms with E-state index in [1.807, 2.05) is 0 Å². The highest BCUT2D eigenvalue weighted by atomic mass is 35.5. The topological polar surface area (TPSA) is 132 Å². The number of sulfonamides is 1. The predicted molar refractivity (Wildman–Crippen MR) is 200 cm³/mol. The van der Waals surface area contributed by atoms with Crippen LogP contribution in [0.1, 0.15) is 38.2 Å². The van der Waals surface area contributed by atoms with Crippen LogP contribution in [0.2, 0.25) is 5.02 Å². The normalized spacial score (nSPS) is 18.0. The molecule has 3 aliphatic rings. The molecule has 0 spiro atoms. The number of fused-ring (bicyclic) bond motifs is 1. The smallest absolute Gasteiger partial charge is 0.232 e. The first-order chi connectivity index (χ1) is 24.1. The highest BCUT2D eigenvalue weighted by molar-refractivity contribution is 7.92. The molecule has 1 saturated carbocycles. The number of piperidine rings is 1. The molecule has 13 nitrogen and oxygen atoms in total. The number of methoxy groups -OCH3 is 1. The van der Waals surface area contributed by atoms with E-state index >= 15 is 0 Å². The van der Waals surface area contributed by atoms with E-state index in [9.17, 15) is 8.42 Å². The molecular weight excluding hydrogens is 676 g/mol. The molecule has 0 atom stereocenters. The van der Waals surface area contributed by atoms with Crippen LogP contribution in [0.3, 0.4) is 0 Å². The third kappa shape index (κ3) is 7.25. The van der Waals surface area contributed by atoms with Crippen LogP contribution >= 0.6 is 11.6 Å². The lowest BCUT2D eigenvalue weighted by molar-refractivity contribution is 0.0982. The summed E-state index contributed by atoms with van der Waals surface area (Å²) in [6.07, 6.45) is 10.6. The summed E-state index contributed by atoms with van der Waals surface area (Å²) in [4.78, 5) is 25.7. The van der Waals surface area contributed by atoms with Crippen LogP contribution in [0.5, 0.6) is 5.75 Å². The fraction of sp³-hybridized carbons (Fsp3) is 0.486. The Hall–Kier alpha value is -3.98. The third-order valence-corrected chi connectivity index (χ3v) is 11.4. The minimum Gasteiger partial charge on any atom is -0.494 e. The fourth-order valence-corrected chi connectivity index (χ4v) is 8.56.